The molecule has 10 heteroatoms. The summed E-state index contributed by atoms with van der Waals surface area (Å²) < 4.78 is 21.3. The topological polar surface area (TPSA) is 123 Å². The van der Waals surface area contributed by atoms with E-state index >= 15 is 0 Å². The van der Waals surface area contributed by atoms with Crippen molar-refractivity contribution in [1.82, 2.24) is 9.55 Å². The van der Waals surface area contributed by atoms with Crippen molar-refractivity contribution in [1.29, 1.82) is 0 Å². The zero-order chi connectivity index (χ0) is 21.5. The lowest BCUT2D eigenvalue weighted by Crippen LogP contribution is -2.49. The molecule has 0 radical (unpaired) electrons. The van der Waals surface area contributed by atoms with E-state index in [0.717, 1.165) is 4.57 Å². The summed E-state index contributed by atoms with van der Waals surface area (Å²) in [6, 6.07) is 1.41. The molecule has 2 heterocycles. The SMILES string of the molecule is [2H][C@@]1(O)[C@@H](CO)O[C@@H](n2ccc(NC(C)=O)nc2=O)[C@@H]1O[Si](C)(C)C(C)(C)C. The van der Waals surface area contributed by atoms with Crippen molar-refractivity contribution >= 4 is 20.0 Å². The molecule has 1 saturated heterocycles. The van der Waals surface area contributed by atoms with Crippen molar-refractivity contribution in [3.8, 4) is 0 Å². The van der Waals surface area contributed by atoms with Crippen LogP contribution < -0.4 is 11.0 Å². The molecule has 0 aromatic carbocycles. The summed E-state index contributed by atoms with van der Waals surface area (Å²) in [4.78, 5) is 27.4. The fourth-order valence-corrected chi connectivity index (χ4v) is 3.68. The molecular weight excluding hydrogens is 370 g/mol. The third-order valence-corrected chi connectivity index (χ3v) is 9.44. The van der Waals surface area contributed by atoms with Gasteiger partial charge in [-0.25, -0.2) is 4.79 Å². The van der Waals surface area contributed by atoms with Gasteiger partial charge in [-0.05, 0) is 24.2 Å². The van der Waals surface area contributed by atoms with E-state index in [4.69, 9.17) is 10.5 Å². The number of aliphatic hydroxyl groups is 2. The van der Waals surface area contributed by atoms with Gasteiger partial charge >= 0.3 is 5.69 Å². The molecule has 2 rings (SSSR count). The number of carbonyl (C=O) groups is 1. The van der Waals surface area contributed by atoms with Crippen molar-refractivity contribution < 1.29 is 25.5 Å². The lowest BCUT2D eigenvalue weighted by atomic mass is 10.1. The number of amides is 1. The van der Waals surface area contributed by atoms with E-state index in [9.17, 15) is 19.8 Å². The van der Waals surface area contributed by atoms with Crippen LogP contribution >= 0.6 is 0 Å². The van der Waals surface area contributed by atoms with Gasteiger partial charge in [0.25, 0.3) is 0 Å². The predicted molar refractivity (Wildman–Crippen MR) is 102 cm³/mol. The lowest BCUT2D eigenvalue weighted by molar-refractivity contribution is -0.114. The highest BCUT2D eigenvalue weighted by Gasteiger charge is 2.50. The van der Waals surface area contributed by atoms with Crippen LogP contribution in [-0.2, 0) is 14.0 Å². The molecule has 0 unspecified atom stereocenters. The summed E-state index contributed by atoms with van der Waals surface area (Å²) in [5.74, 6) is -0.296. The summed E-state index contributed by atoms with van der Waals surface area (Å²) >= 11 is 0. The Morgan fingerprint density at radius 1 is 1.52 bits per heavy atom. The Morgan fingerprint density at radius 3 is 2.63 bits per heavy atom. The Hall–Kier alpha value is -1.59. The minimum absolute atomic E-state index is 0.0773. The highest BCUT2D eigenvalue weighted by molar-refractivity contribution is 6.74. The smallest absolute Gasteiger partial charge is 0.351 e. The second-order valence-corrected chi connectivity index (χ2v) is 12.9. The number of hydrogen-bond donors (Lipinski definition) is 3. The van der Waals surface area contributed by atoms with Crippen LogP contribution in [0.2, 0.25) is 18.1 Å². The second-order valence-electron chi connectivity index (χ2n) is 8.11. The third-order valence-electron chi connectivity index (χ3n) is 4.99. The fraction of sp³-hybridized carbons (Fsp3) is 0.706. The Morgan fingerprint density at radius 2 is 2.15 bits per heavy atom. The molecular formula is C17H29N3O6Si. The van der Waals surface area contributed by atoms with E-state index in [1.165, 1.54) is 19.2 Å². The highest BCUT2D eigenvalue weighted by atomic mass is 28.4. The van der Waals surface area contributed by atoms with Gasteiger partial charge in [-0.2, -0.15) is 4.98 Å². The number of aromatic nitrogens is 2. The number of hydrogen-bond acceptors (Lipinski definition) is 7. The van der Waals surface area contributed by atoms with Crippen molar-refractivity contribution in [2.75, 3.05) is 11.9 Å². The summed E-state index contributed by atoms with van der Waals surface area (Å²) in [5, 5.41) is 22.5. The Balaban J connectivity index is 2.46. The number of nitrogens with zero attached hydrogens (tertiary/aromatic N) is 2. The molecule has 0 aliphatic carbocycles. The van der Waals surface area contributed by atoms with Gasteiger partial charge in [-0.15, -0.1) is 0 Å². The van der Waals surface area contributed by atoms with E-state index in [-0.39, 0.29) is 16.8 Å². The quantitative estimate of drug-likeness (QED) is 0.626. The van der Waals surface area contributed by atoms with Gasteiger partial charge in [0.05, 0.1) is 7.98 Å². The van der Waals surface area contributed by atoms with E-state index in [0.29, 0.717) is 0 Å². The highest BCUT2D eigenvalue weighted by Crippen LogP contribution is 2.41. The van der Waals surface area contributed by atoms with Gasteiger partial charge in [0.2, 0.25) is 5.91 Å². The number of anilines is 1. The van der Waals surface area contributed by atoms with Crippen LogP contribution in [0.15, 0.2) is 17.1 Å². The predicted octanol–water partition coefficient (Wildman–Crippen LogP) is 0.843. The van der Waals surface area contributed by atoms with Crippen LogP contribution in [0, 0.1) is 0 Å². The van der Waals surface area contributed by atoms with Gasteiger partial charge in [0.15, 0.2) is 14.5 Å². The molecule has 0 saturated carbocycles. The first kappa shape index (κ1) is 20.1. The average Bonchev–Trinajstić information content (AvgIpc) is 2.76. The number of ether oxygens (including phenoxy) is 1. The molecule has 9 nitrogen and oxygen atoms in total. The molecule has 1 aliphatic rings. The van der Waals surface area contributed by atoms with E-state index in [2.05, 4.69) is 10.3 Å². The molecule has 3 N–H and O–H groups in total. The summed E-state index contributed by atoms with van der Waals surface area (Å²) in [7, 11) is -2.46. The molecule has 1 aromatic rings. The number of aliphatic hydroxyl groups excluding tert-OH is 1. The van der Waals surface area contributed by atoms with Gasteiger partial charge < -0.3 is 24.7 Å². The Labute approximate surface area is 160 Å². The maximum atomic E-state index is 12.5. The normalized spacial score (nSPS) is 29.5. The molecule has 0 spiro atoms. The van der Waals surface area contributed by atoms with Crippen molar-refractivity contribution in [3.63, 3.8) is 0 Å². The summed E-state index contributed by atoms with van der Waals surface area (Å²) in [6.07, 6.45) is -4.53. The van der Waals surface area contributed by atoms with Crippen molar-refractivity contribution in [3.05, 3.63) is 22.7 Å². The molecule has 0 bridgehead atoms. The fourth-order valence-electron chi connectivity index (χ4n) is 2.46. The molecule has 4 atom stereocenters. The second kappa shape index (κ2) is 7.80. The van der Waals surface area contributed by atoms with Crippen LogP contribution in [-0.4, -0.2) is 58.9 Å². The van der Waals surface area contributed by atoms with Gasteiger partial charge in [-0.3, -0.25) is 9.36 Å². The van der Waals surface area contributed by atoms with Crippen LogP contribution in [0.5, 0.6) is 0 Å². The number of nitrogens with one attached hydrogen (secondary N) is 1. The maximum Gasteiger partial charge on any atom is 0.351 e. The minimum atomic E-state index is -2.46. The molecule has 1 amide bonds. The van der Waals surface area contributed by atoms with Crippen LogP contribution in [0.3, 0.4) is 0 Å². The first-order valence-electron chi connectivity index (χ1n) is 9.24. The van der Waals surface area contributed by atoms with Crippen LogP contribution in [0.25, 0.3) is 0 Å². The molecule has 1 aliphatic heterocycles. The van der Waals surface area contributed by atoms with Gasteiger partial charge in [-0.1, -0.05) is 20.8 Å². The third kappa shape index (κ3) is 4.64. The average molecular weight is 401 g/mol. The number of carbonyl (C=O) groups excluding carboxylic acids is 1. The standard InChI is InChI=1S/C17H29N3O6Si/c1-10(22)18-12-7-8-20(16(24)19-12)15-14(13(23)11(9-21)25-15)26-27(5,6)17(2,3)4/h7-8,11,13-15,21,23H,9H2,1-6H3,(H,18,19,22,24)/t11-,13-,14-,15-/m1/s1/i13D. The Bertz CT molecular complexity index is 792. The minimum Gasteiger partial charge on any atom is -0.407 e. The Kier molecular flexibility index (Phi) is 5.82. The molecule has 152 valence electrons. The van der Waals surface area contributed by atoms with Gasteiger partial charge in [0.1, 0.15) is 24.1 Å². The molecule has 1 fully saturated rings. The van der Waals surface area contributed by atoms with Crippen LogP contribution in [0.1, 0.15) is 35.3 Å². The van der Waals surface area contributed by atoms with Gasteiger partial charge in [0, 0.05) is 13.1 Å². The summed E-state index contributed by atoms with van der Waals surface area (Å²) in [5.41, 5.74) is -0.741. The molecule has 27 heavy (non-hydrogen) atoms. The lowest BCUT2D eigenvalue weighted by Gasteiger charge is -2.40. The van der Waals surface area contributed by atoms with Crippen LogP contribution in [0.4, 0.5) is 5.82 Å². The van der Waals surface area contributed by atoms with E-state index in [1.54, 1.807) is 0 Å². The monoisotopic (exact) mass is 400 g/mol. The number of rotatable bonds is 5. The summed E-state index contributed by atoms with van der Waals surface area (Å²) in [6.45, 7) is 10.6. The first-order valence-corrected chi connectivity index (χ1v) is 11.6. The van der Waals surface area contributed by atoms with Crippen molar-refractivity contribution in [2.24, 2.45) is 0 Å². The zero-order valence-electron chi connectivity index (χ0n) is 17.5. The maximum absolute atomic E-state index is 12.5. The van der Waals surface area contributed by atoms with E-state index in [1.807, 2.05) is 33.9 Å². The largest absolute Gasteiger partial charge is 0.407 e. The van der Waals surface area contributed by atoms with E-state index < -0.39 is 45.1 Å². The molecule has 1 aromatic heterocycles. The zero-order valence-corrected chi connectivity index (χ0v) is 17.5. The van der Waals surface area contributed by atoms with Crippen molar-refractivity contribution in [2.45, 2.75) is 70.3 Å². The first-order chi connectivity index (χ1) is 12.7.